The van der Waals surface area contributed by atoms with E-state index < -0.39 is 0 Å². The summed E-state index contributed by atoms with van der Waals surface area (Å²) in [6.45, 7) is 5.71. The number of piperidine rings is 1. The maximum absolute atomic E-state index is 12.7. The van der Waals surface area contributed by atoms with Gasteiger partial charge >= 0.3 is 0 Å². The Kier molecular flexibility index (Phi) is 5.44. The van der Waals surface area contributed by atoms with Gasteiger partial charge in [0.05, 0.1) is 5.41 Å². The highest BCUT2D eigenvalue weighted by atomic mass is 16.5. The second-order valence-electron chi connectivity index (χ2n) is 6.74. The average Bonchev–Trinajstić information content (AvgIpc) is 3.24. The monoisotopic (exact) mass is 282 g/mol. The number of hydrogen-bond acceptors (Lipinski definition) is 3. The molecule has 2 N–H and O–H groups in total. The van der Waals surface area contributed by atoms with Crippen LogP contribution in [0, 0.1) is 10.8 Å². The van der Waals surface area contributed by atoms with E-state index >= 15 is 0 Å². The normalized spacial score (nSPS) is 28.1. The predicted octanol–water partition coefficient (Wildman–Crippen LogP) is 2.09. The van der Waals surface area contributed by atoms with Crippen LogP contribution in [0.3, 0.4) is 0 Å². The highest BCUT2D eigenvalue weighted by Crippen LogP contribution is 2.48. The summed E-state index contributed by atoms with van der Waals surface area (Å²) in [5.74, 6) is 0.273. The summed E-state index contributed by atoms with van der Waals surface area (Å²) in [7, 11) is 1.75. The molecule has 1 saturated carbocycles. The van der Waals surface area contributed by atoms with E-state index in [1.54, 1.807) is 7.11 Å². The first-order valence-corrected chi connectivity index (χ1v) is 8.14. The number of ether oxygens (including phenoxy) is 1. The maximum Gasteiger partial charge on any atom is 0.227 e. The van der Waals surface area contributed by atoms with Crippen molar-refractivity contribution < 1.29 is 9.53 Å². The van der Waals surface area contributed by atoms with Crippen molar-refractivity contribution in [2.75, 3.05) is 33.4 Å². The fourth-order valence-corrected chi connectivity index (χ4v) is 3.43. The number of rotatable bonds is 8. The summed E-state index contributed by atoms with van der Waals surface area (Å²) in [5.41, 5.74) is 0.172. The minimum atomic E-state index is -0.162. The lowest BCUT2D eigenvalue weighted by molar-refractivity contribution is -0.133. The third kappa shape index (κ3) is 3.73. The van der Waals surface area contributed by atoms with Crippen molar-refractivity contribution in [2.24, 2.45) is 10.8 Å². The van der Waals surface area contributed by atoms with Crippen molar-refractivity contribution in [2.45, 2.75) is 51.9 Å². The molecular weight excluding hydrogens is 252 g/mol. The fraction of sp³-hybridized carbons (Fsp3) is 0.938. The summed E-state index contributed by atoms with van der Waals surface area (Å²) in [4.78, 5) is 12.7. The van der Waals surface area contributed by atoms with Crippen LogP contribution in [0.15, 0.2) is 0 Å². The summed E-state index contributed by atoms with van der Waals surface area (Å²) in [5, 5.41) is 6.66. The smallest absolute Gasteiger partial charge is 0.227 e. The van der Waals surface area contributed by atoms with Gasteiger partial charge in [0.2, 0.25) is 5.91 Å². The van der Waals surface area contributed by atoms with Crippen molar-refractivity contribution in [3.63, 3.8) is 0 Å². The molecule has 1 amide bonds. The zero-order valence-corrected chi connectivity index (χ0v) is 13.1. The van der Waals surface area contributed by atoms with E-state index in [2.05, 4.69) is 17.6 Å². The molecule has 20 heavy (non-hydrogen) atoms. The molecule has 4 nitrogen and oxygen atoms in total. The van der Waals surface area contributed by atoms with Crippen molar-refractivity contribution in [1.29, 1.82) is 0 Å². The van der Waals surface area contributed by atoms with Crippen LogP contribution < -0.4 is 10.6 Å². The van der Waals surface area contributed by atoms with E-state index in [1.807, 2.05) is 0 Å². The van der Waals surface area contributed by atoms with Crippen LogP contribution in [-0.2, 0) is 9.53 Å². The van der Waals surface area contributed by atoms with Crippen LogP contribution in [-0.4, -0.2) is 39.3 Å². The molecule has 0 radical (unpaired) electrons. The number of methoxy groups -OCH3 is 1. The Bertz CT molecular complexity index is 315. The highest BCUT2D eigenvalue weighted by molar-refractivity contribution is 5.83. The van der Waals surface area contributed by atoms with Crippen LogP contribution in [0.2, 0.25) is 0 Å². The molecule has 116 valence electrons. The Balaban J connectivity index is 1.85. The van der Waals surface area contributed by atoms with E-state index in [-0.39, 0.29) is 11.3 Å². The summed E-state index contributed by atoms with van der Waals surface area (Å²) in [6, 6.07) is 0. The first-order valence-electron chi connectivity index (χ1n) is 8.14. The summed E-state index contributed by atoms with van der Waals surface area (Å²) < 4.78 is 5.18. The van der Waals surface area contributed by atoms with E-state index in [0.29, 0.717) is 5.41 Å². The summed E-state index contributed by atoms with van der Waals surface area (Å²) in [6.07, 6.45) is 7.75. The number of carbonyl (C=O) groups is 1. The fourth-order valence-electron chi connectivity index (χ4n) is 3.43. The summed E-state index contributed by atoms with van der Waals surface area (Å²) >= 11 is 0. The SMILES string of the molecule is CCCC1(C(=O)NCC2(CCOC)CC2)CCCNC1. The van der Waals surface area contributed by atoms with Crippen molar-refractivity contribution in [3.05, 3.63) is 0 Å². The van der Waals surface area contributed by atoms with Crippen LogP contribution in [0.5, 0.6) is 0 Å². The van der Waals surface area contributed by atoms with Gasteiger partial charge in [-0.3, -0.25) is 4.79 Å². The largest absolute Gasteiger partial charge is 0.385 e. The second-order valence-corrected chi connectivity index (χ2v) is 6.74. The van der Waals surface area contributed by atoms with Gasteiger partial charge in [-0.25, -0.2) is 0 Å². The van der Waals surface area contributed by atoms with Gasteiger partial charge in [-0.2, -0.15) is 0 Å². The molecule has 1 aliphatic heterocycles. The van der Waals surface area contributed by atoms with Crippen LogP contribution in [0.4, 0.5) is 0 Å². The zero-order chi connectivity index (χ0) is 14.5. The van der Waals surface area contributed by atoms with Crippen molar-refractivity contribution >= 4 is 5.91 Å². The third-order valence-corrected chi connectivity index (χ3v) is 5.10. The standard InChI is InChI=1S/C16H30N2O2/c1-3-5-16(6-4-10-17-13-16)14(19)18-12-15(7-8-15)9-11-20-2/h17H,3-13H2,1-2H3,(H,18,19). The Hall–Kier alpha value is -0.610. The predicted molar refractivity (Wildman–Crippen MR) is 80.6 cm³/mol. The minimum absolute atomic E-state index is 0.162. The van der Waals surface area contributed by atoms with Gasteiger partial charge in [0.1, 0.15) is 0 Å². The molecule has 2 rings (SSSR count). The van der Waals surface area contributed by atoms with E-state index in [9.17, 15) is 4.79 Å². The number of carbonyl (C=O) groups excluding carboxylic acids is 1. The first-order chi connectivity index (χ1) is 9.66. The Morgan fingerprint density at radius 1 is 1.30 bits per heavy atom. The molecule has 0 aromatic rings. The molecule has 1 atom stereocenters. The molecule has 0 bridgehead atoms. The van der Waals surface area contributed by atoms with Crippen molar-refractivity contribution in [3.8, 4) is 0 Å². The highest BCUT2D eigenvalue weighted by Gasteiger charge is 2.44. The van der Waals surface area contributed by atoms with Gasteiger partial charge in [-0.05, 0) is 50.5 Å². The van der Waals surface area contributed by atoms with Crippen LogP contribution in [0.25, 0.3) is 0 Å². The van der Waals surface area contributed by atoms with E-state index in [1.165, 1.54) is 12.8 Å². The molecule has 1 aliphatic carbocycles. The lowest BCUT2D eigenvalue weighted by atomic mass is 9.76. The van der Waals surface area contributed by atoms with E-state index in [4.69, 9.17) is 4.74 Å². The molecule has 2 fully saturated rings. The van der Waals surface area contributed by atoms with Gasteiger partial charge < -0.3 is 15.4 Å². The number of amides is 1. The Labute approximate surface area is 123 Å². The van der Waals surface area contributed by atoms with Gasteiger partial charge in [0, 0.05) is 26.8 Å². The minimum Gasteiger partial charge on any atom is -0.385 e. The molecule has 2 aliphatic rings. The zero-order valence-electron chi connectivity index (χ0n) is 13.1. The quantitative estimate of drug-likeness (QED) is 0.717. The van der Waals surface area contributed by atoms with Crippen LogP contribution in [0.1, 0.15) is 51.9 Å². The third-order valence-electron chi connectivity index (χ3n) is 5.10. The molecule has 0 spiro atoms. The molecule has 0 aromatic heterocycles. The van der Waals surface area contributed by atoms with Gasteiger partial charge in [-0.1, -0.05) is 13.3 Å². The Morgan fingerprint density at radius 2 is 2.10 bits per heavy atom. The maximum atomic E-state index is 12.7. The topological polar surface area (TPSA) is 50.4 Å². The number of nitrogens with one attached hydrogen (secondary N) is 2. The second kappa shape index (κ2) is 6.90. The lowest BCUT2D eigenvalue weighted by Crippen LogP contribution is -2.51. The number of hydrogen-bond donors (Lipinski definition) is 2. The molecule has 1 heterocycles. The molecule has 0 aromatic carbocycles. The molecule has 4 heteroatoms. The Morgan fingerprint density at radius 3 is 2.65 bits per heavy atom. The lowest BCUT2D eigenvalue weighted by Gasteiger charge is -2.36. The average molecular weight is 282 g/mol. The van der Waals surface area contributed by atoms with Crippen molar-refractivity contribution in [1.82, 2.24) is 10.6 Å². The first kappa shape index (κ1) is 15.8. The van der Waals surface area contributed by atoms with Gasteiger partial charge in [0.15, 0.2) is 0 Å². The van der Waals surface area contributed by atoms with Crippen LogP contribution >= 0.6 is 0 Å². The molecule has 1 saturated heterocycles. The molecule has 1 unspecified atom stereocenters. The van der Waals surface area contributed by atoms with Gasteiger partial charge in [-0.15, -0.1) is 0 Å². The molecular formula is C16H30N2O2. The van der Waals surface area contributed by atoms with Gasteiger partial charge in [0.25, 0.3) is 0 Å². The van der Waals surface area contributed by atoms with E-state index in [0.717, 1.165) is 58.3 Å².